The monoisotopic (exact) mass is 547 g/mol. The molecule has 10 heteroatoms. The Bertz CT molecular complexity index is 1580. The van der Waals surface area contributed by atoms with Gasteiger partial charge in [0.2, 0.25) is 5.91 Å². The largest absolute Gasteiger partial charge is 0.486 e. The van der Waals surface area contributed by atoms with Crippen LogP contribution in [0.4, 0.5) is 11.5 Å². The number of amides is 1. The number of ether oxygens (including phenoxy) is 2. The number of hydrogen-bond acceptors (Lipinski definition) is 8. The Morgan fingerprint density at radius 1 is 1.11 bits per heavy atom. The summed E-state index contributed by atoms with van der Waals surface area (Å²) in [7, 11) is 3.42. The van der Waals surface area contributed by atoms with E-state index in [2.05, 4.69) is 26.3 Å². The van der Waals surface area contributed by atoms with Crippen LogP contribution < -0.4 is 10.1 Å². The molecule has 1 N–H and O–H groups in total. The topological polar surface area (TPSA) is 89.5 Å². The van der Waals surface area contributed by atoms with Gasteiger partial charge >= 0.3 is 0 Å². The summed E-state index contributed by atoms with van der Waals surface area (Å²) < 4.78 is 12.0. The van der Waals surface area contributed by atoms with Crippen molar-refractivity contribution in [3.05, 3.63) is 83.4 Å². The summed E-state index contributed by atoms with van der Waals surface area (Å²) in [5, 5.41) is 5.81. The van der Waals surface area contributed by atoms with Gasteiger partial charge in [-0.15, -0.1) is 11.3 Å². The van der Waals surface area contributed by atoms with Crippen LogP contribution in [-0.2, 0) is 22.6 Å². The summed E-state index contributed by atoms with van der Waals surface area (Å²) in [6.07, 6.45) is 3.60. The minimum Gasteiger partial charge on any atom is -0.486 e. The van der Waals surface area contributed by atoms with E-state index < -0.39 is 0 Å². The van der Waals surface area contributed by atoms with Crippen molar-refractivity contribution in [2.24, 2.45) is 0 Å². The van der Waals surface area contributed by atoms with E-state index in [0.29, 0.717) is 42.8 Å². The van der Waals surface area contributed by atoms with Crippen LogP contribution >= 0.6 is 22.9 Å². The van der Waals surface area contributed by atoms with Gasteiger partial charge in [0.15, 0.2) is 0 Å². The Morgan fingerprint density at radius 3 is 2.79 bits per heavy atom. The van der Waals surface area contributed by atoms with Crippen LogP contribution in [0.25, 0.3) is 20.3 Å². The van der Waals surface area contributed by atoms with Crippen molar-refractivity contribution in [3.8, 4) is 5.75 Å². The summed E-state index contributed by atoms with van der Waals surface area (Å²) in [6.45, 7) is 1.41. The number of pyridine rings is 1. The van der Waals surface area contributed by atoms with Gasteiger partial charge in [-0.3, -0.25) is 9.78 Å². The number of methoxy groups -OCH3 is 1. The smallest absolute Gasteiger partial charge is 0.226 e. The summed E-state index contributed by atoms with van der Waals surface area (Å²) >= 11 is 8.08. The molecule has 38 heavy (non-hydrogen) atoms. The van der Waals surface area contributed by atoms with Crippen molar-refractivity contribution in [1.29, 1.82) is 0 Å². The average molecular weight is 548 g/mol. The number of likely N-dealkylation sites (N-methyl/N-ethyl adjacent to an activating group) is 1. The number of fused-ring (bicyclic) bond motifs is 3. The number of benzene rings is 2. The first kappa shape index (κ1) is 25.8. The van der Waals surface area contributed by atoms with Crippen LogP contribution in [-0.4, -0.2) is 53.1 Å². The van der Waals surface area contributed by atoms with Gasteiger partial charge in [-0.1, -0.05) is 29.8 Å². The van der Waals surface area contributed by atoms with E-state index in [-0.39, 0.29) is 5.91 Å². The third-order valence-corrected chi connectivity index (χ3v) is 7.40. The number of rotatable bonds is 10. The van der Waals surface area contributed by atoms with E-state index in [9.17, 15) is 4.79 Å². The van der Waals surface area contributed by atoms with Crippen molar-refractivity contribution < 1.29 is 14.3 Å². The molecule has 0 aliphatic heterocycles. The SMILES string of the molecule is COCCN(C)C(=O)Cc1ccc2c(c1)sc1ncnc(Nc3ccc(OCc4ccccn4)c(Cl)c3)c12. The highest BCUT2D eigenvalue weighted by Crippen LogP contribution is 2.38. The van der Waals surface area contributed by atoms with Gasteiger partial charge in [-0.05, 0) is 42.0 Å². The van der Waals surface area contributed by atoms with Gasteiger partial charge < -0.3 is 19.7 Å². The standard InChI is InChI=1S/C28H26ClN5O3S/c1-34(11-12-36-2)25(35)14-18-6-8-21-24(13-18)38-28-26(21)27(31-17-32-28)33-19-7-9-23(22(29)15-19)37-16-20-5-3-4-10-30-20/h3-10,13,15,17H,11-12,14,16H2,1-2H3,(H,31,32,33). The molecule has 1 amide bonds. The van der Waals surface area contributed by atoms with Crippen molar-refractivity contribution in [2.75, 3.05) is 32.6 Å². The second-order valence-electron chi connectivity index (χ2n) is 8.70. The first-order valence-corrected chi connectivity index (χ1v) is 13.2. The number of thiophene rings is 1. The predicted molar refractivity (Wildman–Crippen MR) is 151 cm³/mol. The number of nitrogens with zero attached hydrogens (tertiary/aromatic N) is 4. The highest BCUT2D eigenvalue weighted by atomic mass is 35.5. The lowest BCUT2D eigenvalue weighted by Crippen LogP contribution is -2.31. The Kier molecular flexibility index (Phi) is 7.97. The van der Waals surface area contributed by atoms with E-state index in [1.165, 1.54) is 0 Å². The van der Waals surface area contributed by atoms with Crippen molar-refractivity contribution in [1.82, 2.24) is 19.9 Å². The Morgan fingerprint density at radius 2 is 2.00 bits per heavy atom. The molecule has 0 aliphatic rings. The molecule has 0 unspecified atom stereocenters. The highest BCUT2D eigenvalue weighted by molar-refractivity contribution is 7.25. The molecule has 3 heterocycles. The number of carbonyl (C=O) groups excluding carboxylic acids is 1. The molecule has 3 aromatic heterocycles. The molecule has 0 saturated carbocycles. The van der Waals surface area contributed by atoms with Crippen molar-refractivity contribution in [2.45, 2.75) is 13.0 Å². The molecule has 0 saturated heterocycles. The third kappa shape index (κ3) is 5.85. The zero-order valence-corrected chi connectivity index (χ0v) is 22.6. The van der Waals surface area contributed by atoms with Gasteiger partial charge in [0, 0.05) is 42.7 Å². The van der Waals surface area contributed by atoms with Crippen LogP contribution in [0.1, 0.15) is 11.3 Å². The zero-order chi connectivity index (χ0) is 26.5. The van der Waals surface area contributed by atoms with E-state index in [0.717, 1.165) is 37.2 Å². The third-order valence-electron chi connectivity index (χ3n) is 6.04. The molecular weight excluding hydrogens is 522 g/mol. The fraction of sp³-hybridized carbons (Fsp3) is 0.214. The summed E-state index contributed by atoms with van der Waals surface area (Å²) in [6, 6.07) is 17.3. The Labute approximate surface area is 229 Å². The average Bonchev–Trinajstić information content (AvgIpc) is 3.30. The number of anilines is 2. The molecule has 0 radical (unpaired) electrons. The zero-order valence-electron chi connectivity index (χ0n) is 21.0. The van der Waals surface area contributed by atoms with Crippen LogP contribution in [0, 0.1) is 0 Å². The molecule has 0 aliphatic carbocycles. The van der Waals surface area contributed by atoms with Crippen LogP contribution in [0.2, 0.25) is 5.02 Å². The van der Waals surface area contributed by atoms with E-state index in [4.69, 9.17) is 21.1 Å². The van der Waals surface area contributed by atoms with Crippen LogP contribution in [0.3, 0.4) is 0 Å². The number of hydrogen-bond donors (Lipinski definition) is 1. The van der Waals surface area contributed by atoms with E-state index in [1.54, 1.807) is 42.9 Å². The van der Waals surface area contributed by atoms with Crippen molar-refractivity contribution in [3.63, 3.8) is 0 Å². The van der Waals surface area contributed by atoms with Gasteiger partial charge in [-0.2, -0.15) is 0 Å². The van der Waals surface area contributed by atoms with Crippen molar-refractivity contribution >= 4 is 60.7 Å². The minimum atomic E-state index is 0.0500. The second-order valence-corrected chi connectivity index (χ2v) is 10.1. The maximum absolute atomic E-state index is 12.6. The normalized spacial score (nSPS) is 11.1. The molecular formula is C28H26ClN5O3S. The first-order chi connectivity index (χ1) is 18.5. The molecule has 2 aromatic carbocycles. The molecule has 5 rings (SSSR count). The lowest BCUT2D eigenvalue weighted by molar-refractivity contribution is -0.129. The van der Waals surface area contributed by atoms with E-state index in [1.807, 2.05) is 48.5 Å². The molecule has 0 atom stereocenters. The summed E-state index contributed by atoms with van der Waals surface area (Å²) in [4.78, 5) is 28.4. The van der Waals surface area contributed by atoms with Gasteiger partial charge in [-0.25, -0.2) is 9.97 Å². The Balaban J connectivity index is 1.35. The maximum Gasteiger partial charge on any atom is 0.226 e. The quantitative estimate of drug-likeness (QED) is 0.234. The lowest BCUT2D eigenvalue weighted by atomic mass is 10.1. The molecule has 0 bridgehead atoms. The molecule has 0 fully saturated rings. The van der Waals surface area contributed by atoms with Gasteiger partial charge in [0.1, 0.15) is 29.3 Å². The maximum atomic E-state index is 12.6. The van der Waals surface area contributed by atoms with Crippen LogP contribution in [0.5, 0.6) is 5.75 Å². The highest BCUT2D eigenvalue weighted by Gasteiger charge is 2.15. The number of halogens is 1. The first-order valence-electron chi connectivity index (χ1n) is 12.0. The molecule has 5 aromatic rings. The number of nitrogens with one attached hydrogen (secondary N) is 1. The number of aromatic nitrogens is 3. The minimum absolute atomic E-state index is 0.0500. The predicted octanol–water partition coefficient (Wildman–Crippen LogP) is 5.86. The summed E-state index contributed by atoms with van der Waals surface area (Å²) in [5.74, 6) is 1.31. The lowest BCUT2D eigenvalue weighted by Gasteiger charge is -2.16. The molecule has 194 valence electrons. The van der Waals surface area contributed by atoms with E-state index >= 15 is 0 Å². The van der Waals surface area contributed by atoms with Gasteiger partial charge in [0.25, 0.3) is 0 Å². The fourth-order valence-electron chi connectivity index (χ4n) is 3.99. The second kappa shape index (κ2) is 11.7. The van der Waals surface area contributed by atoms with Crippen LogP contribution in [0.15, 0.2) is 67.1 Å². The number of carbonyl (C=O) groups is 1. The van der Waals surface area contributed by atoms with Gasteiger partial charge in [0.05, 0.1) is 29.1 Å². The fourth-order valence-corrected chi connectivity index (χ4v) is 5.33. The molecule has 8 nitrogen and oxygen atoms in total. The Hall–Kier alpha value is -3.79. The molecule has 0 spiro atoms. The summed E-state index contributed by atoms with van der Waals surface area (Å²) in [5.41, 5.74) is 2.55.